The van der Waals surface area contributed by atoms with Crippen LogP contribution in [0.1, 0.15) is 64.9 Å². The van der Waals surface area contributed by atoms with Gasteiger partial charge in [0.15, 0.2) is 0 Å². The summed E-state index contributed by atoms with van der Waals surface area (Å²) >= 11 is 0. The van der Waals surface area contributed by atoms with Gasteiger partial charge in [0.1, 0.15) is 5.75 Å². The van der Waals surface area contributed by atoms with E-state index in [9.17, 15) is 0 Å². The number of aryl methyl sites for hydroxylation is 1. The molecule has 0 saturated heterocycles. The number of ether oxygens (including phenoxy) is 1. The number of hydrogen-bond donors (Lipinski definition) is 0. The van der Waals surface area contributed by atoms with Crippen molar-refractivity contribution in [2.24, 2.45) is 5.92 Å². The van der Waals surface area contributed by atoms with Gasteiger partial charge in [-0.05, 0) is 61.4 Å². The molecule has 0 radical (unpaired) electrons. The maximum absolute atomic E-state index is 6.09. The second kappa shape index (κ2) is 10.9. The summed E-state index contributed by atoms with van der Waals surface area (Å²) < 4.78 is 6.09. The largest absolute Gasteiger partial charge is 0.493 e. The van der Waals surface area contributed by atoms with Crippen molar-refractivity contribution in [3.63, 3.8) is 0 Å². The highest BCUT2D eigenvalue weighted by atomic mass is 16.5. The molecule has 0 saturated carbocycles. The first-order valence-corrected chi connectivity index (χ1v) is 9.91. The van der Waals surface area contributed by atoms with Gasteiger partial charge in [-0.15, -0.1) is 0 Å². The molecule has 2 rings (SSSR count). The average molecular weight is 340 g/mol. The van der Waals surface area contributed by atoms with Gasteiger partial charge in [-0.25, -0.2) is 0 Å². The molecule has 0 bridgehead atoms. The number of hydrogen-bond acceptors (Lipinski definition) is 2. The van der Waals surface area contributed by atoms with E-state index in [4.69, 9.17) is 4.74 Å². The molecule has 2 nitrogen and oxygen atoms in total. The van der Waals surface area contributed by atoms with Crippen molar-refractivity contribution in [2.45, 2.75) is 65.7 Å². The number of pyridine rings is 1. The molecule has 1 aromatic heterocycles. The first kappa shape index (κ1) is 19.5. The summed E-state index contributed by atoms with van der Waals surface area (Å²) in [6.45, 7) is 7.60. The van der Waals surface area contributed by atoms with Crippen LogP contribution >= 0.6 is 0 Å². The van der Waals surface area contributed by atoms with Gasteiger partial charge in [0.05, 0.1) is 12.3 Å². The molecule has 1 unspecified atom stereocenters. The minimum absolute atomic E-state index is 0.781. The predicted molar refractivity (Wildman–Crippen MR) is 107 cm³/mol. The Kier molecular flexibility index (Phi) is 8.51. The van der Waals surface area contributed by atoms with Crippen LogP contribution in [0.25, 0.3) is 11.3 Å². The van der Waals surface area contributed by atoms with Gasteiger partial charge in [-0.3, -0.25) is 4.98 Å². The monoisotopic (exact) mass is 339 g/mol. The van der Waals surface area contributed by atoms with E-state index in [0.717, 1.165) is 42.4 Å². The predicted octanol–water partition coefficient (Wildman–Crippen LogP) is 6.69. The molecule has 0 N–H and O–H groups in total. The van der Waals surface area contributed by atoms with Gasteiger partial charge >= 0.3 is 0 Å². The van der Waals surface area contributed by atoms with E-state index in [1.807, 2.05) is 12.3 Å². The molecule has 1 aromatic carbocycles. The van der Waals surface area contributed by atoms with Crippen LogP contribution in [0, 0.1) is 5.92 Å². The van der Waals surface area contributed by atoms with Gasteiger partial charge in [-0.1, -0.05) is 52.2 Å². The summed E-state index contributed by atoms with van der Waals surface area (Å²) in [5.41, 5.74) is 3.47. The van der Waals surface area contributed by atoms with E-state index in [1.165, 1.54) is 37.7 Å². The molecule has 0 spiro atoms. The summed E-state index contributed by atoms with van der Waals surface area (Å²) in [7, 11) is 0. The van der Waals surface area contributed by atoms with E-state index in [0.29, 0.717) is 0 Å². The summed E-state index contributed by atoms with van der Waals surface area (Å²) in [5.74, 6) is 1.77. The van der Waals surface area contributed by atoms with E-state index in [1.54, 1.807) is 0 Å². The third-order valence-electron chi connectivity index (χ3n) is 4.85. The van der Waals surface area contributed by atoms with Gasteiger partial charge in [0.2, 0.25) is 0 Å². The Morgan fingerprint density at radius 1 is 1.04 bits per heavy atom. The van der Waals surface area contributed by atoms with Crippen LogP contribution < -0.4 is 4.74 Å². The number of unbranched alkanes of at least 4 members (excludes halogenated alkanes) is 2. The quantitative estimate of drug-likeness (QED) is 0.426. The minimum Gasteiger partial charge on any atom is -0.493 e. The second-order valence-corrected chi connectivity index (χ2v) is 7.01. The molecule has 0 fully saturated rings. The third kappa shape index (κ3) is 6.53. The van der Waals surface area contributed by atoms with Crippen LogP contribution in [0.15, 0.2) is 42.6 Å². The van der Waals surface area contributed by atoms with E-state index < -0.39 is 0 Å². The number of aromatic nitrogens is 1. The lowest BCUT2D eigenvalue weighted by molar-refractivity contribution is 0.301. The first-order valence-electron chi connectivity index (χ1n) is 9.91. The summed E-state index contributed by atoms with van der Waals surface area (Å²) in [5, 5.41) is 0. The molecule has 25 heavy (non-hydrogen) atoms. The molecule has 0 aliphatic carbocycles. The van der Waals surface area contributed by atoms with Crippen LogP contribution in [0.4, 0.5) is 0 Å². The lowest BCUT2D eigenvalue weighted by atomic mass is 10.0. The fourth-order valence-electron chi connectivity index (χ4n) is 2.94. The van der Waals surface area contributed by atoms with Crippen molar-refractivity contribution in [3.8, 4) is 17.0 Å². The Hall–Kier alpha value is -1.83. The Labute approximate surface area is 153 Å². The Balaban J connectivity index is 1.98. The number of benzene rings is 1. The topological polar surface area (TPSA) is 22.1 Å². The first-order chi connectivity index (χ1) is 12.2. The van der Waals surface area contributed by atoms with Crippen molar-refractivity contribution in [1.82, 2.24) is 4.98 Å². The minimum atomic E-state index is 0.781. The highest BCUT2D eigenvalue weighted by Gasteiger charge is 2.08. The zero-order valence-corrected chi connectivity index (χ0v) is 16.1. The fourth-order valence-corrected chi connectivity index (χ4v) is 2.94. The van der Waals surface area contributed by atoms with Crippen LogP contribution in [0.2, 0.25) is 0 Å². The summed E-state index contributed by atoms with van der Waals surface area (Å²) in [4.78, 5) is 4.58. The highest BCUT2D eigenvalue weighted by molar-refractivity contribution is 5.67. The van der Waals surface area contributed by atoms with Gasteiger partial charge in [-0.2, -0.15) is 0 Å². The molecule has 1 heterocycles. The Bertz CT molecular complexity index is 623. The molecule has 0 aliphatic heterocycles. The standard InChI is InChI=1S/C23H33NO/c1-4-6-12-20-15-16-24-22(18-20)21-13-7-8-14-23(21)25-17-10-9-11-19(3)5-2/h7-8,13-16,18-19H,4-6,9-12,17H2,1-3H3. The van der Waals surface area contributed by atoms with Crippen molar-refractivity contribution >= 4 is 0 Å². The van der Waals surface area contributed by atoms with Gasteiger partial charge in [0.25, 0.3) is 0 Å². The van der Waals surface area contributed by atoms with Crippen molar-refractivity contribution in [2.75, 3.05) is 6.61 Å². The van der Waals surface area contributed by atoms with Gasteiger partial charge in [0, 0.05) is 11.8 Å². The van der Waals surface area contributed by atoms with Crippen LogP contribution in [-0.2, 0) is 6.42 Å². The molecule has 0 aliphatic rings. The molecule has 1 atom stereocenters. The fraction of sp³-hybridized carbons (Fsp3) is 0.522. The molecular formula is C23H33NO. The van der Waals surface area contributed by atoms with E-state index in [-0.39, 0.29) is 0 Å². The smallest absolute Gasteiger partial charge is 0.128 e. The molecule has 0 amide bonds. The molecule has 2 heteroatoms. The second-order valence-electron chi connectivity index (χ2n) is 7.01. The van der Waals surface area contributed by atoms with E-state index >= 15 is 0 Å². The maximum atomic E-state index is 6.09. The lowest BCUT2D eigenvalue weighted by Gasteiger charge is -2.12. The third-order valence-corrected chi connectivity index (χ3v) is 4.85. The molecule has 136 valence electrons. The zero-order valence-electron chi connectivity index (χ0n) is 16.1. The zero-order chi connectivity index (χ0) is 17.9. The van der Waals surface area contributed by atoms with Crippen LogP contribution in [-0.4, -0.2) is 11.6 Å². The van der Waals surface area contributed by atoms with Crippen molar-refractivity contribution in [3.05, 3.63) is 48.2 Å². The van der Waals surface area contributed by atoms with Crippen LogP contribution in [0.3, 0.4) is 0 Å². The molecular weight excluding hydrogens is 306 g/mol. The van der Waals surface area contributed by atoms with Crippen molar-refractivity contribution < 1.29 is 4.74 Å². The summed E-state index contributed by atoms with van der Waals surface area (Å²) in [6, 6.07) is 12.6. The molecule has 2 aromatic rings. The number of nitrogens with zero attached hydrogens (tertiary/aromatic N) is 1. The Morgan fingerprint density at radius 3 is 2.68 bits per heavy atom. The van der Waals surface area contributed by atoms with E-state index in [2.05, 4.69) is 56.1 Å². The number of para-hydroxylation sites is 1. The number of rotatable bonds is 11. The lowest BCUT2D eigenvalue weighted by Crippen LogP contribution is -2.01. The van der Waals surface area contributed by atoms with Gasteiger partial charge < -0.3 is 4.74 Å². The highest BCUT2D eigenvalue weighted by Crippen LogP contribution is 2.29. The maximum Gasteiger partial charge on any atom is 0.128 e. The van der Waals surface area contributed by atoms with Crippen LogP contribution in [0.5, 0.6) is 5.75 Å². The van der Waals surface area contributed by atoms with Crippen molar-refractivity contribution in [1.29, 1.82) is 0 Å². The SMILES string of the molecule is CCCCc1ccnc(-c2ccccc2OCCCCC(C)CC)c1. The Morgan fingerprint density at radius 2 is 1.88 bits per heavy atom. The normalized spacial score (nSPS) is 12.1. The average Bonchev–Trinajstić information content (AvgIpc) is 2.66. The summed E-state index contributed by atoms with van der Waals surface area (Å²) in [6.07, 6.45) is 10.4.